The molecular weight excluding hydrogens is 320 g/mol. The summed E-state index contributed by atoms with van der Waals surface area (Å²) in [5.41, 5.74) is 0. The number of carboxylic acid groups (broad SMARTS) is 1. The maximum absolute atomic E-state index is 11.5. The minimum Gasteiger partial charge on any atom is -0.450 e. The predicted molar refractivity (Wildman–Crippen MR) is 90.3 cm³/mol. The number of rotatable bonds is 13. The number of ether oxygens (including phenoxy) is 1. The monoisotopic (exact) mass is 352 g/mol. The highest BCUT2D eigenvalue weighted by atomic mass is 32.2. The predicted octanol–water partition coefficient (Wildman–Crippen LogP) is 4.49. The van der Waals surface area contributed by atoms with Gasteiger partial charge in [-0.25, -0.2) is 4.79 Å². The maximum Gasteiger partial charge on any atom is 0.505 e. The van der Waals surface area contributed by atoms with Crippen LogP contribution in [0.5, 0.6) is 0 Å². The lowest BCUT2D eigenvalue weighted by Gasteiger charge is -2.30. The third-order valence-corrected chi connectivity index (χ3v) is 6.13. The van der Waals surface area contributed by atoms with Gasteiger partial charge in [-0.1, -0.05) is 58.3 Å². The molecule has 7 heteroatoms. The average molecular weight is 352 g/mol. The van der Waals surface area contributed by atoms with E-state index >= 15 is 0 Å². The third kappa shape index (κ3) is 9.15. The van der Waals surface area contributed by atoms with E-state index in [0.717, 1.165) is 25.7 Å². The molecule has 0 rings (SSSR count). The highest BCUT2D eigenvalue weighted by Gasteiger charge is 2.41. The van der Waals surface area contributed by atoms with Crippen LogP contribution in [0.3, 0.4) is 0 Å². The van der Waals surface area contributed by atoms with Crippen LogP contribution in [0.15, 0.2) is 0 Å². The zero-order valence-corrected chi connectivity index (χ0v) is 15.4. The largest absolute Gasteiger partial charge is 0.505 e. The van der Waals surface area contributed by atoms with Crippen molar-refractivity contribution in [2.75, 3.05) is 6.61 Å². The molecular formula is C16H32O6S. The van der Waals surface area contributed by atoms with E-state index in [-0.39, 0.29) is 6.61 Å². The molecule has 0 aromatic heterocycles. The molecule has 1 unspecified atom stereocenters. The molecule has 0 radical (unpaired) electrons. The Kier molecular flexibility index (Phi) is 10.5. The van der Waals surface area contributed by atoms with E-state index in [1.165, 1.54) is 39.5 Å². The Balaban J connectivity index is 4.31. The van der Waals surface area contributed by atoms with Gasteiger partial charge in [0.05, 0.1) is 11.4 Å². The van der Waals surface area contributed by atoms with Gasteiger partial charge in [-0.05, 0) is 20.3 Å². The lowest BCUT2D eigenvalue weighted by Crippen LogP contribution is -2.42. The molecule has 0 aliphatic rings. The van der Waals surface area contributed by atoms with Crippen molar-refractivity contribution in [2.45, 2.75) is 83.3 Å². The third-order valence-electron chi connectivity index (χ3n) is 4.46. The summed E-state index contributed by atoms with van der Waals surface area (Å²) in [5.74, 6) is -0.561. The second-order valence-electron chi connectivity index (χ2n) is 6.62. The van der Waals surface area contributed by atoms with E-state index in [0.29, 0.717) is 6.42 Å². The number of carbonyl (C=O) groups is 1. The van der Waals surface area contributed by atoms with Gasteiger partial charge in [0.15, 0.2) is 0 Å². The highest BCUT2D eigenvalue weighted by Crippen LogP contribution is 2.30. The summed E-state index contributed by atoms with van der Waals surface area (Å²) in [6.45, 7) is 4.76. The van der Waals surface area contributed by atoms with Crippen LogP contribution in [-0.4, -0.2) is 35.6 Å². The van der Waals surface area contributed by atoms with Crippen LogP contribution >= 0.6 is 0 Å². The smallest absolute Gasteiger partial charge is 0.450 e. The van der Waals surface area contributed by atoms with Gasteiger partial charge in [-0.15, -0.1) is 0 Å². The standard InChI is InChI=1S/C16H32O6S/c1-4-5-6-7-8-9-10-11-12-14(13-22-15(17)18)16(2,3)23(19,20)21/h14H,4-13H2,1-3H3,(H,17,18)(H,19,20,21). The van der Waals surface area contributed by atoms with Crippen LogP contribution in [0, 0.1) is 5.92 Å². The van der Waals surface area contributed by atoms with Gasteiger partial charge < -0.3 is 9.84 Å². The number of hydrogen-bond donors (Lipinski definition) is 2. The number of hydrogen-bond acceptors (Lipinski definition) is 4. The second kappa shape index (κ2) is 10.9. The average Bonchev–Trinajstić information content (AvgIpc) is 2.43. The second-order valence-corrected chi connectivity index (χ2v) is 8.62. The van der Waals surface area contributed by atoms with Gasteiger partial charge >= 0.3 is 6.16 Å². The molecule has 0 aromatic carbocycles. The zero-order valence-electron chi connectivity index (χ0n) is 14.6. The van der Waals surface area contributed by atoms with Crippen molar-refractivity contribution < 1.29 is 27.6 Å². The van der Waals surface area contributed by atoms with E-state index in [9.17, 15) is 17.8 Å². The van der Waals surface area contributed by atoms with Crippen LogP contribution in [0.2, 0.25) is 0 Å². The van der Waals surface area contributed by atoms with Gasteiger partial charge in [0, 0.05) is 5.92 Å². The van der Waals surface area contributed by atoms with Crippen LogP contribution in [0.1, 0.15) is 78.6 Å². The number of unbranched alkanes of at least 4 members (excludes halogenated alkanes) is 7. The van der Waals surface area contributed by atoms with Gasteiger partial charge in [0.2, 0.25) is 0 Å². The summed E-state index contributed by atoms with van der Waals surface area (Å²) in [7, 11) is -4.28. The minimum atomic E-state index is -4.28. The van der Waals surface area contributed by atoms with Crippen LogP contribution < -0.4 is 0 Å². The van der Waals surface area contributed by atoms with Crippen molar-refractivity contribution in [2.24, 2.45) is 5.92 Å². The molecule has 0 amide bonds. The molecule has 0 aliphatic heterocycles. The Labute approximate surface area is 140 Å². The lowest BCUT2D eigenvalue weighted by molar-refractivity contribution is 0.0682. The molecule has 0 saturated carbocycles. The van der Waals surface area contributed by atoms with E-state index in [2.05, 4.69) is 11.7 Å². The van der Waals surface area contributed by atoms with Crippen molar-refractivity contribution in [1.82, 2.24) is 0 Å². The summed E-state index contributed by atoms with van der Waals surface area (Å²) in [5, 5.41) is 8.61. The fourth-order valence-electron chi connectivity index (χ4n) is 2.54. The quantitative estimate of drug-likeness (QED) is 0.288. The van der Waals surface area contributed by atoms with Crippen molar-refractivity contribution in [3.63, 3.8) is 0 Å². The SMILES string of the molecule is CCCCCCCCCCC(COC(=O)O)C(C)(C)S(=O)(=O)O. The molecule has 0 aromatic rings. The van der Waals surface area contributed by atoms with Crippen molar-refractivity contribution in [3.05, 3.63) is 0 Å². The van der Waals surface area contributed by atoms with Crippen molar-refractivity contribution in [1.29, 1.82) is 0 Å². The van der Waals surface area contributed by atoms with Crippen LogP contribution in [0.25, 0.3) is 0 Å². The molecule has 2 N–H and O–H groups in total. The lowest BCUT2D eigenvalue weighted by atomic mass is 9.90. The summed E-state index contributed by atoms with van der Waals surface area (Å²) < 4.78 is 35.6. The Morgan fingerprint density at radius 3 is 1.96 bits per heavy atom. The van der Waals surface area contributed by atoms with Crippen molar-refractivity contribution >= 4 is 16.3 Å². The summed E-state index contributed by atoms with van der Waals surface area (Å²) in [4.78, 5) is 10.5. The van der Waals surface area contributed by atoms with Gasteiger partial charge in [-0.2, -0.15) is 8.42 Å². The zero-order chi connectivity index (χ0) is 17.9. The molecule has 0 saturated heterocycles. The Hall–Kier alpha value is -0.820. The Morgan fingerprint density at radius 2 is 1.52 bits per heavy atom. The molecule has 23 heavy (non-hydrogen) atoms. The van der Waals surface area contributed by atoms with Crippen LogP contribution in [0.4, 0.5) is 4.79 Å². The fraction of sp³-hybridized carbons (Fsp3) is 0.938. The van der Waals surface area contributed by atoms with E-state index in [4.69, 9.17) is 5.11 Å². The first-order valence-corrected chi connectivity index (χ1v) is 9.89. The molecule has 138 valence electrons. The Bertz CT molecular complexity index is 430. The first-order chi connectivity index (χ1) is 10.6. The molecule has 0 spiro atoms. The highest BCUT2D eigenvalue weighted by molar-refractivity contribution is 7.87. The van der Waals surface area contributed by atoms with E-state index < -0.39 is 26.9 Å². The van der Waals surface area contributed by atoms with Gasteiger partial charge in [-0.3, -0.25) is 4.55 Å². The molecule has 0 fully saturated rings. The molecule has 6 nitrogen and oxygen atoms in total. The fourth-order valence-corrected chi connectivity index (χ4v) is 3.15. The first-order valence-electron chi connectivity index (χ1n) is 8.45. The summed E-state index contributed by atoms with van der Waals surface area (Å²) in [6, 6.07) is 0. The summed E-state index contributed by atoms with van der Waals surface area (Å²) >= 11 is 0. The molecule has 0 heterocycles. The minimum absolute atomic E-state index is 0.224. The molecule has 1 atom stereocenters. The Morgan fingerprint density at radius 1 is 1.04 bits per heavy atom. The molecule has 0 aliphatic carbocycles. The van der Waals surface area contributed by atoms with Gasteiger partial charge in [0.25, 0.3) is 10.1 Å². The topological polar surface area (TPSA) is 101 Å². The summed E-state index contributed by atoms with van der Waals surface area (Å²) in [6.07, 6.45) is 8.04. The maximum atomic E-state index is 11.5. The van der Waals surface area contributed by atoms with E-state index in [1.54, 1.807) is 0 Å². The molecule has 0 bridgehead atoms. The van der Waals surface area contributed by atoms with Crippen molar-refractivity contribution in [3.8, 4) is 0 Å². The van der Waals surface area contributed by atoms with Gasteiger partial charge in [0.1, 0.15) is 0 Å². The normalized spacial score (nSPS) is 13.7. The van der Waals surface area contributed by atoms with Crippen LogP contribution in [-0.2, 0) is 14.9 Å². The van der Waals surface area contributed by atoms with E-state index in [1.807, 2.05) is 0 Å². The first kappa shape index (κ1) is 22.2.